The van der Waals surface area contributed by atoms with Crippen LogP contribution in [0.3, 0.4) is 0 Å². The van der Waals surface area contributed by atoms with E-state index in [1.165, 1.54) is 10.6 Å². The van der Waals surface area contributed by atoms with Crippen LogP contribution in [0.1, 0.15) is 11.7 Å². The maximum atomic E-state index is 12.7. The second-order valence-corrected chi connectivity index (χ2v) is 7.13. The number of nitrogens with zero attached hydrogens (tertiary/aromatic N) is 4. The monoisotopic (exact) mass is 358 g/mol. The second kappa shape index (κ2) is 7.03. The van der Waals surface area contributed by atoms with Gasteiger partial charge in [0.25, 0.3) is 5.56 Å². The highest BCUT2D eigenvalue weighted by Crippen LogP contribution is 2.35. The number of likely N-dealkylation sites (tertiary alicyclic amines) is 1. The van der Waals surface area contributed by atoms with Crippen molar-refractivity contribution in [3.05, 3.63) is 46.5 Å². The first kappa shape index (κ1) is 17.0. The van der Waals surface area contributed by atoms with Gasteiger partial charge < -0.3 is 18.7 Å². The zero-order valence-electron chi connectivity index (χ0n) is 14.7. The average molecular weight is 358 g/mol. The van der Waals surface area contributed by atoms with Gasteiger partial charge in [-0.15, -0.1) is 0 Å². The fourth-order valence-electron chi connectivity index (χ4n) is 4.00. The Morgan fingerprint density at radius 3 is 2.96 bits per heavy atom. The molecular weight excluding hydrogens is 336 g/mol. The van der Waals surface area contributed by atoms with E-state index in [9.17, 15) is 9.59 Å². The number of hydrogen-bond acceptors (Lipinski definition) is 6. The van der Waals surface area contributed by atoms with E-state index < -0.39 is 0 Å². The molecule has 2 aromatic heterocycles. The molecule has 2 aromatic rings. The minimum Gasteiger partial charge on any atom is -0.381 e. The van der Waals surface area contributed by atoms with Gasteiger partial charge in [0.1, 0.15) is 6.54 Å². The predicted octanol–water partition coefficient (Wildman–Crippen LogP) is 0.503. The van der Waals surface area contributed by atoms with Gasteiger partial charge in [-0.3, -0.25) is 9.59 Å². The number of ether oxygens (including phenoxy) is 1. The lowest BCUT2D eigenvalue weighted by Crippen LogP contribution is -2.36. The smallest absolute Gasteiger partial charge is 0.250 e. The van der Waals surface area contributed by atoms with Crippen molar-refractivity contribution in [2.45, 2.75) is 19.9 Å². The summed E-state index contributed by atoms with van der Waals surface area (Å²) in [7, 11) is 0. The van der Waals surface area contributed by atoms with E-state index in [0.717, 1.165) is 0 Å². The third-order valence-electron chi connectivity index (χ3n) is 5.32. The van der Waals surface area contributed by atoms with Crippen LogP contribution in [0.15, 0.2) is 33.7 Å². The minimum atomic E-state index is -0.162. The lowest BCUT2D eigenvalue weighted by molar-refractivity contribution is -0.131. The van der Waals surface area contributed by atoms with Crippen molar-refractivity contribution in [3.8, 4) is 0 Å². The molecule has 0 aromatic carbocycles. The number of aryl methyl sites for hydroxylation is 1. The summed E-state index contributed by atoms with van der Waals surface area (Å²) in [6.07, 6.45) is 2.31. The van der Waals surface area contributed by atoms with Crippen LogP contribution >= 0.6 is 0 Å². The normalized spacial score (nSPS) is 25.3. The van der Waals surface area contributed by atoms with Crippen molar-refractivity contribution >= 4 is 5.91 Å². The molecule has 0 spiro atoms. The molecule has 8 nitrogen and oxygen atoms in total. The molecule has 3 atom stereocenters. The topological polar surface area (TPSA) is 90.5 Å². The summed E-state index contributed by atoms with van der Waals surface area (Å²) in [4.78, 5) is 30.6. The number of fused-ring (bicyclic) bond motifs is 1. The molecular formula is C18H22N4O4. The van der Waals surface area contributed by atoms with Crippen LogP contribution in [-0.4, -0.2) is 51.8 Å². The standard InChI is InChI=1S/C18H22N4O4/c1-12-19-16(26-20-12)6-13-10-25-11-14-7-22(8-15(13)14)18(24)9-21-5-3-2-4-17(21)23/h2-5,13-15H,6-11H2,1H3/t13-,14-,15+/m1/s1. The molecule has 4 rings (SSSR count). The Balaban J connectivity index is 1.42. The van der Waals surface area contributed by atoms with Crippen LogP contribution in [0, 0.1) is 24.7 Å². The van der Waals surface area contributed by atoms with Crippen LogP contribution in [0.5, 0.6) is 0 Å². The van der Waals surface area contributed by atoms with Gasteiger partial charge in [0.05, 0.1) is 13.2 Å². The molecule has 2 saturated heterocycles. The zero-order valence-corrected chi connectivity index (χ0v) is 14.7. The number of carbonyl (C=O) groups is 1. The Morgan fingerprint density at radius 2 is 2.19 bits per heavy atom. The summed E-state index contributed by atoms with van der Waals surface area (Å²) < 4.78 is 12.4. The van der Waals surface area contributed by atoms with E-state index >= 15 is 0 Å². The summed E-state index contributed by atoms with van der Waals surface area (Å²) in [5.41, 5.74) is -0.162. The SMILES string of the molecule is Cc1noc(C[C@@H]2COC[C@H]3CN(C(=O)Cn4ccccc4=O)C[C@@H]23)n1. The molecule has 2 aliphatic heterocycles. The number of rotatable bonds is 4. The molecule has 26 heavy (non-hydrogen) atoms. The molecule has 0 saturated carbocycles. The quantitative estimate of drug-likeness (QED) is 0.791. The number of aromatic nitrogens is 3. The second-order valence-electron chi connectivity index (χ2n) is 7.13. The van der Waals surface area contributed by atoms with Crippen LogP contribution < -0.4 is 5.56 Å². The molecule has 1 amide bonds. The highest BCUT2D eigenvalue weighted by molar-refractivity contribution is 5.76. The molecule has 2 fully saturated rings. The van der Waals surface area contributed by atoms with Gasteiger partial charge in [-0.1, -0.05) is 11.2 Å². The average Bonchev–Trinajstić information content (AvgIpc) is 3.24. The van der Waals surface area contributed by atoms with Crippen LogP contribution in [-0.2, 0) is 22.5 Å². The van der Waals surface area contributed by atoms with Crippen molar-refractivity contribution < 1.29 is 14.1 Å². The maximum Gasteiger partial charge on any atom is 0.250 e. The number of hydrogen-bond donors (Lipinski definition) is 0. The fourth-order valence-corrected chi connectivity index (χ4v) is 4.00. The van der Waals surface area contributed by atoms with Gasteiger partial charge in [0.15, 0.2) is 5.82 Å². The third-order valence-corrected chi connectivity index (χ3v) is 5.32. The molecule has 0 N–H and O–H groups in total. The highest BCUT2D eigenvalue weighted by Gasteiger charge is 2.42. The van der Waals surface area contributed by atoms with E-state index in [1.54, 1.807) is 25.3 Å². The Hall–Kier alpha value is -2.48. The van der Waals surface area contributed by atoms with Crippen LogP contribution in [0.4, 0.5) is 0 Å². The summed E-state index contributed by atoms with van der Waals surface area (Å²) in [6.45, 7) is 4.54. The van der Waals surface area contributed by atoms with E-state index in [0.29, 0.717) is 56.3 Å². The summed E-state index contributed by atoms with van der Waals surface area (Å²) in [5, 5.41) is 3.84. The number of amides is 1. The van der Waals surface area contributed by atoms with Gasteiger partial charge in [-0.2, -0.15) is 4.98 Å². The molecule has 4 heterocycles. The van der Waals surface area contributed by atoms with Gasteiger partial charge in [-0.05, 0) is 24.8 Å². The van der Waals surface area contributed by atoms with Gasteiger partial charge >= 0.3 is 0 Å². The molecule has 0 radical (unpaired) electrons. The lowest BCUT2D eigenvalue weighted by Gasteiger charge is -2.31. The van der Waals surface area contributed by atoms with E-state index in [2.05, 4.69) is 10.1 Å². The Labute approximate surface area is 150 Å². The third kappa shape index (κ3) is 3.41. The van der Waals surface area contributed by atoms with Crippen molar-refractivity contribution in [2.75, 3.05) is 26.3 Å². The Kier molecular flexibility index (Phi) is 4.58. The number of carbonyl (C=O) groups excluding carboxylic acids is 1. The van der Waals surface area contributed by atoms with Crippen LogP contribution in [0.25, 0.3) is 0 Å². The molecule has 8 heteroatoms. The molecule has 0 unspecified atom stereocenters. The van der Waals surface area contributed by atoms with Gasteiger partial charge in [0.2, 0.25) is 11.8 Å². The summed E-state index contributed by atoms with van der Waals surface area (Å²) in [6, 6.07) is 4.90. The molecule has 0 aliphatic carbocycles. The first-order valence-corrected chi connectivity index (χ1v) is 8.90. The number of pyridine rings is 1. The van der Waals surface area contributed by atoms with Crippen molar-refractivity contribution in [3.63, 3.8) is 0 Å². The van der Waals surface area contributed by atoms with Gasteiger partial charge in [0, 0.05) is 37.7 Å². The Bertz CT molecular complexity index is 845. The van der Waals surface area contributed by atoms with Crippen molar-refractivity contribution in [2.24, 2.45) is 17.8 Å². The van der Waals surface area contributed by atoms with E-state index in [4.69, 9.17) is 9.26 Å². The highest BCUT2D eigenvalue weighted by atomic mass is 16.5. The van der Waals surface area contributed by atoms with Crippen molar-refractivity contribution in [1.82, 2.24) is 19.6 Å². The maximum absolute atomic E-state index is 12.7. The molecule has 138 valence electrons. The van der Waals surface area contributed by atoms with Gasteiger partial charge in [-0.25, -0.2) is 0 Å². The molecule has 0 bridgehead atoms. The zero-order chi connectivity index (χ0) is 18.1. The minimum absolute atomic E-state index is 0.0277. The lowest BCUT2D eigenvalue weighted by atomic mass is 9.81. The largest absolute Gasteiger partial charge is 0.381 e. The summed E-state index contributed by atoms with van der Waals surface area (Å²) in [5.74, 6) is 2.15. The van der Waals surface area contributed by atoms with E-state index in [1.807, 2.05) is 4.90 Å². The van der Waals surface area contributed by atoms with Crippen LogP contribution in [0.2, 0.25) is 0 Å². The Morgan fingerprint density at radius 1 is 1.31 bits per heavy atom. The first-order valence-electron chi connectivity index (χ1n) is 8.90. The molecule has 2 aliphatic rings. The first-order chi connectivity index (χ1) is 12.6. The fraction of sp³-hybridized carbons (Fsp3) is 0.556. The van der Waals surface area contributed by atoms with E-state index in [-0.39, 0.29) is 23.9 Å². The van der Waals surface area contributed by atoms with Crippen molar-refractivity contribution in [1.29, 1.82) is 0 Å². The summed E-state index contributed by atoms with van der Waals surface area (Å²) >= 11 is 0. The predicted molar refractivity (Wildman–Crippen MR) is 91.3 cm³/mol.